The van der Waals surface area contributed by atoms with Gasteiger partial charge in [-0.3, -0.25) is 14.5 Å². The largest absolute Gasteiger partial charge is 0.504 e. The fraction of sp³-hybridized carbons (Fsp3) is 0.400. The molecule has 210 valence electrons. The van der Waals surface area contributed by atoms with Gasteiger partial charge in [0.05, 0.1) is 28.6 Å². The van der Waals surface area contributed by atoms with E-state index in [1.165, 1.54) is 12.0 Å². The Morgan fingerprint density at radius 3 is 2.67 bits per heavy atom. The van der Waals surface area contributed by atoms with Crippen molar-refractivity contribution in [2.75, 3.05) is 20.8 Å². The number of carbonyl (C=O) groups excluding carboxylic acids is 2. The lowest BCUT2D eigenvalue weighted by Gasteiger charge is -2.43. The molecule has 0 saturated carbocycles. The molecule has 3 aliphatic rings. The second-order valence-corrected chi connectivity index (χ2v) is 11.9. The lowest BCUT2D eigenvalue weighted by molar-refractivity contribution is -0.138. The molecule has 2 saturated heterocycles. The fourth-order valence-corrected chi connectivity index (χ4v) is 6.91. The second-order valence-electron chi connectivity index (χ2n) is 10.7. The average Bonchev–Trinajstić information content (AvgIpc) is 3.16. The summed E-state index contributed by atoms with van der Waals surface area (Å²) >= 11 is 2.08. The number of para-hydroxylation sites is 1. The first-order valence-corrected chi connectivity index (χ1v) is 14.5. The monoisotopic (exact) mass is 657 g/mol. The van der Waals surface area contributed by atoms with Crippen LogP contribution in [0, 0.1) is 21.3 Å². The Morgan fingerprint density at radius 1 is 1.20 bits per heavy atom. The first kappa shape index (κ1) is 28.7. The zero-order valence-electron chi connectivity index (χ0n) is 22.8. The summed E-state index contributed by atoms with van der Waals surface area (Å²) in [5, 5.41) is 20.9. The summed E-state index contributed by atoms with van der Waals surface area (Å²) in [4.78, 5) is 27.4. The fourth-order valence-electron chi connectivity index (χ4n) is 6.29. The Kier molecular flexibility index (Phi) is 8.58. The van der Waals surface area contributed by atoms with Crippen molar-refractivity contribution in [3.05, 3.63) is 68.3 Å². The van der Waals surface area contributed by atoms with Gasteiger partial charge in [0.15, 0.2) is 11.5 Å². The predicted molar refractivity (Wildman–Crippen MR) is 160 cm³/mol. The quantitative estimate of drug-likeness (QED) is 0.184. The van der Waals surface area contributed by atoms with Gasteiger partial charge in [-0.25, -0.2) is 0 Å². The SMILES string of the molecule is COc1cc(/C=C(\C)CC[C@H]2OB(O)C[C@H]3C2=C(COc2ccccc2)C[C@H]2C(=O)N(C)C(=O)[C@H]23)cc(I)c1O. The third-order valence-electron chi connectivity index (χ3n) is 8.17. The normalized spacial score (nSPS) is 24.8. The van der Waals surface area contributed by atoms with Gasteiger partial charge in [-0.2, -0.15) is 0 Å². The molecule has 1 aliphatic carbocycles. The lowest BCUT2D eigenvalue weighted by Crippen LogP contribution is -2.46. The molecular formula is C30H33BINO7. The van der Waals surface area contributed by atoms with Gasteiger partial charge >= 0.3 is 7.12 Å². The van der Waals surface area contributed by atoms with Crippen LogP contribution in [0.25, 0.3) is 6.08 Å². The number of aromatic hydroxyl groups is 1. The van der Waals surface area contributed by atoms with Crippen molar-refractivity contribution in [2.24, 2.45) is 17.8 Å². The molecule has 2 amide bonds. The van der Waals surface area contributed by atoms with E-state index in [9.17, 15) is 19.7 Å². The third kappa shape index (κ3) is 5.66. The van der Waals surface area contributed by atoms with E-state index in [2.05, 4.69) is 22.6 Å². The van der Waals surface area contributed by atoms with Gasteiger partial charge in [0.1, 0.15) is 12.4 Å². The molecule has 0 aromatic heterocycles. The van der Waals surface area contributed by atoms with Gasteiger partial charge in [0.2, 0.25) is 11.8 Å². The number of ether oxygens (including phenoxy) is 2. The summed E-state index contributed by atoms with van der Waals surface area (Å²) in [7, 11) is 2.05. The summed E-state index contributed by atoms with van der Waals surface area (Å²) in [6, 6.07) is 13.2. The lowest BCUT2D eigenvalue weighted by atomic mass is 9.58. The van der Waals surface area contributed by atoms with Crippen molar-refractivity contribution >= 4 is 47.6 Å². The van der Waals surface area contributed by atoms with Crippen LogP contribution in [0.5, 0.6) is 17.2 Å². The molecule has 2 heterocycles. The number of hydrogen-bond acceptors (Lipinski definition) is 7. The molecule has 40 heavy (non-hydrogen) atoms. The van der Waals surface area contributed by atoms with E-state index in [4.69, 9.17) is 14.1 Å². The van der Waals surface area contributed by atoms with Gasteiger partial charge in [-0.15, -0.1) is 0 Å². The molecular weight excluding hydrogens is 624 g/mol. The number of benzene rings is 2. The molecule has 0 radical (unpaired) electrons. The smallest absolute Gasteiger partial charge is 0.455 e. The number of amides is 2. The van der Waals surface area contributed by atoms with Gasteiger partial charge in [0.25, 0.3) is 0 Å². The molecule has 0 spiro atoms. The highest BCUT2D eigenvalue weighted by Gasteiger charge is 2.56. The topological polar surface area (TPSA) is 106 Å². The Labute approximate surface area is 248 Å². The number of hydrogen-bond donors (Lipinski definition) is 2. The molecule has 8 nitrogen and oxygen atoms in total. The van der Waals surface area contributed by atoms with Crippen LogP contribution >= 0.6 is 22.6 Å². The van der Waals surface area contributed by atoms with E-state index in [0.717, 1.165) is 28.0 Å². The Balaban J connectivity index is 1.43. The molecule has 4 atom stereocenters. The van der Waals surface area contributed by atoms with Crippen molar-refractivity contribution in [3.8, 4) is 17.2 Å². The van der Waals surface area contributed by atoms with Crippen molar-refractivity contribution < 1.29 is 33.8 Å². The van der Waals surface area contributed by atoms with E-state index in [1.807, 2.05) is 49.4 Å². The summed E-state index contributed by atoms with van der Waals surface area (Å²) < 4.78 is 18.2. The number of likely N-dealkylation sites (tertiary alicyclic amines) is 1. The molecule has 0 unspecified atom stereocenters. The summed E-state index contributed by atoms with van der Waals surface area (Å²) in [6.07, 6.45) is 3.63. The average molecular weight is 657 g/mol. The molecule has 10 heteroatoms. The highest BCUT2D eigenvalue weighted by Crippen LogP contribution is 2.50. The number of carbonyl (C=O) groups is 2. The van der Waals surface area contributed by atoms with Crippen LogP contribution in [0.3, 0.4) is 0 Å². The van der Waals surface area contributed by atoms with E-state index < -0.39 is 25.1 Å². The first-order chi connectivity index (χ1) is 19.2. The van der Waals surface area contributed by atoms with Crippen LogP contribution in [-0.4, -0.2) is 60.8 Å². The molecule has 2 aliphatic heterocycles. The molecule has 5 rings (SSSR count). The third-order valence-corrected chi connectivity index (χ3v) is 8.99. The minimum atomic E-state index is -1.02. The molecule has 2 N–H and O–H groups in total. The van der Waals surface area contributed by atoms with E-state index in [0.29, 0.717) is 35.2 Å². The Hall–Kier alpha value is -2.83. The van der Waals surface area contributed by atoms with Crippen molar-refractivity contribution in [1.82, 2.24) is 4.90 Å². The van der Waals surface area contributed by atoms with Crippen LogP contribution in [0.1, 0.15) is 31.7 Å². The van der Waals surface area contributed by atoms with Crippen LogP contribution in [0.15, 0.2) is 59.2 Å². The minimum absolute atomic E-state index is 0.118. The van der Waals surface area contributed by atoms with Crippen LogP contribution in [0.2, 0.25) is 6.32 Å². The predicted octanol–water partition coefficient (Wildman–Crippen LogP) is 4.69. The van der Waals surface area contributed by atoms with Gasteiger partial charge in [-0.05, 0) is 102 Å². The number of rotatable bonds is 8. The number of imide groups is 1. The highest BCUT2D eigenvalue weighted by atomic mass is 127. The van der Waals surface area contributed by atoms with Gasteiger partial charge < -0.3 is 24.3 Å². The number of nitrogens with zero attached hydrogens (tertiary/aromatic N) is 1. The maximum atomic E-state index is 13.2. The number of fused-ring (bicyclic) bond motifs is 3. The van der Waals surface area contributed by atoms with Crippen LogP contribution in [-0.2, 0) is 14.2 Å². The van der Waals surface area contributed by atoms with Gasteiger partial charge in [0, 0.05) is 7.05 Å². The summed E-state index contributed by atoms with van der Waals surface area (Å²) in [5.74, 6) is -0.300. The number of allylic oxidation sites excluding steroid dienone is 1. The van der Waals surface area contributed by atoms with E-state index >= 15 is 0 Å². The highest BCUT2D eigenvalue weighted by molar-refractivity contribution is 14.1. The molecule has 0 bridgehead atoms. The maximum absolute atomic E-state index is 13.2. The van der Waals surface area contributed by atoms with Gasteiger partial charge in [-0.1, -0.05) is 29.8 Å². The van der Waals surface area contributed by atoms with Crippen LogP contribution < -0.4 is 9.47 Å². The minimum Gasteiger partial charge on any atom is -0.504 e. The first-order valence-electron chi connectivity index (χ1n) is 13.5. The standard InChI is InChI=1S/C30H33BINO7/c1-17(11-18-12-23(32)28(34)25(13-18)38-3)9-10-24-26-19(16-39-20-7-5-4-6-8-20)14-21-27(22(26)15-31(37)40-24)30(36)33(2)29(21)35/h4-8,11-13,21-22,24,27,34,37H,9-10,14-16H2,1-3H3/b17-11+/t21-,22+,24-,27-/m1/s1. The molecule has 2 fully saturated rings. The number of phenolic OH excluding ortho intramolecular Hbond substituents is 1. The zero-order valence-corrected chi connectivity index (χ0v) is 25.0. The maximum Gasteiger partial charge on any atom is 0.455 e. The number of phenols is 1. The Bertz CT molecular complexity index is 1360. The van der Waals surface area contributed by atoms with Crippen molar-refractivity contribution in [2.45, 2.75) is 38.6 Å². The second kappa shape index (κ2) is 12.0. The van der Waals surface area contributed by atoms with E-state index in [-0.39, 0.29) is 29.8 Å². The number of methoxy groups -OCH3 is 1. The Morgan fingerprint density at radius 2 is 1.95 bits per heavy atom. The molecule has 2 aromatic rings. The van der Waals surface area contributed by atoms with E-state index in [1.54, 1.807) is 13.1 Å². The van der Waals surface area contributed by atoms with Crippen LogP contribution in [0.4, 0.5) is 0 Å². The summed E-state index contributed by atoms with van der Waals surface area (Å²) in [5.41, 5.74) is 3.97. The number of halogens is 1. The van der Waals surface area contributed by atoms with Crippen molar-refractivity contribution in [3.63, 3.8) is 0 Å². The molecule has 2 aromatic carbocycles. The summed E-state index contributed by atoms with van der Waals surface area (Å²) in [6.45, 7) is 2.32. The van der Waals surface area contributed by atoms with Crippen molar-refractivity contribution in [1.29, 1.82) is 0 Å². The zero-order chi connectivity index (χ0) is 28.6.